The summed E-state index contributed by atoms with van der Waals surface area (Å²) in [5.41, 5.74) is 0. The van der Waals surface area contributed by atoms with Crippen molar-refractivity contribution in [1.82, 2.24) is 0 Å². The fraction of sp³-hybridized carbons (Fsp3) is 0.667. The van der Waals surface area contributed by atoms with Gasteiger partial charge in [-0.3, -0.25) is 0 Å². The van der Waals surface area contributed by atoms with E-state index in [-0.39, 0.29) is 6.04 Å². The molecule has 0 saturated heterocycles. The third-order valence-electron chi connectivity index (χ3n) is 1.02. The van der Waals surface area contributed by atoms with Crippen LogP contribution in [0.3, 0.4) is 0 Å². The van der Waals surface area contributed by atoms with Crippen LogP contribution in [0.25, 0.3) is 4.85 Å². The lowest BCUT2D eigenvalue weighted by molar-refractivity contribution is -0.108. The minimum atomic E-state index is -0.0764. The van der Waals surface area contributed by atoms with Gasteiger partial charge in [-0.2, -0.15) is 0 Å². The molecule has 0 fully saturated rings. The van der Waals surface area contributed by atoms with Crippen molar-refractivity contribution in [1.29, 1.82) is 0 Å². The van der Waals surface area contributed by atoms with Crippen LogP contribution in [0, 0.1) is 6.57 Å². The largest absolute Gasteiger partial charge is 0.313 e. The number of hydrogen-bond acceptors (Lipinski definition) is 1. The van der Waals surface area contributed by atoms with Crippen LogP contribution in [0.4, 0.5) is 0 Å². The summed E-state index contributed by atoms with van der Waals surface area (Å²) in [5.74, 6) is 0. The summed E-state index contributed by atoms with van der Waals surface area (Å²) in [7, 11) is 0. The van der Waals surface area contributed by atoms with Crippen molar-refractivity contribution >= 4 is 6.29 Å². The normalized spacial score (nSPS) is 12.0. The Labute approximate surface area is 49.3 Å². The predicted octanol–water partition coefficient (Wildman–Crippen LogP) is 1.27. The van der Waals surface area contributed by atoms with Gasteiger partial charge in [0.15, 0.2) is 0 Å². The smallest absolute Gasteiger partial charge is 0.230 e. The minimum Gasteiger partial charge on any atom is -0.313 e. The van der Waals surface area contributed by atoms with Gasteiger partial charge in [-0.25, -0.2) is 6.57 Å². The molecule has 0 bridgehead atoms. The number of aldehydes is 1. The van der Waals surface area contributed by atoms with Gasteiger partial charge >= 0.3 is 0 Å². The van der Waals surface area contributed by atoms with Crippen LogP contribution in [-0.2, 0) is 4.79 Å². The number of rotatable bonds is 3. The molecule has 44 valence electrons. The number of carbonyl (C=O) groups is 1. The summed E-state index contributed by atoms with van der Waals surface area (Å²) in [4.78, 5) is 13.0. The molecular weight excluding hydrogens is 102 g/mol. The van der Waals surface area contributed by atoms with Gasteiger partial charge in [0.25, 0.3) is 0 Å². The zero-order valence-corrected chi connectivity index (χ0v) is 4.92. The van der Waals surface area contributed by atoms with Gasteiger partial charge < -0.3 is 9.64 Å². The van der Waals surface area contributed by atoms with Gasteiger partial charge in [0.2, 0.25) is 6.04 Å². The molecule has 8 heavy (non-hydrogen) atoms. The molecule has 0 aromatic carbocycles. The van der Waals surface area contributed by atoms with E-state index in [0.29, 0.717) is 6.42 Å². The van der Waals surface area contributed by atoms with Crippen LogP contribution in [0.5, 0.6) is 0 Å². The second-order valence-electron chi connectivity index (χ2n) is 1.59. The van der Waals surface area contributed by atoms with E-state index >= 15 is 0 Å². The molecule has 0 aliphatic rings. The Hall–Kier alpha value is -0.840. The van der Waals surface area contributed by atoms with Gasteiger partial charge in [0.05, 0.1) is 6.42 Å². The SMILES string of the molecule is [C-]#[N+]C(CC)CC=O. The van der Waals surface area contributed by atoms with Crippen molar-refractivity contribution < 1.29 is 4.79 Å². The van der Waals surface area contributed by atoms with E-state index in [0.717, 1.165) is 12.7 Å². The molecule has 0 N–H and O–H groups in total. The molecule has 0 aliphatic carbocycles. The molecule has 0 radical (unpaired) electrons. The molecule has 1 unspecified atom stereocenters. The highest BCUT2D eigenvalue weighted by atomic mass is 16.1. The zero-order valence-electron chi connectivity index (χ0n) is 4.92. The van der Waals surface area contributed by atoms with Crippen molar-refractivity contribution in [2.45, 2.75) is 25.8 Å². The van der Waals surface area contributed by atoms with Crippen LogP contribution in [0.1, 0.15) is 19.8 Å². The molecule has 2 heteroatoms. The molecule has 0 rings (SSSR count). The quantitative estimate of drug-likeness (QED) is 0.397. The molecule has 0 heterocycles. The Bertz CT molecular complexity index is 104. The topological polar surface area (TPSA) is 21.4 Å². The van der Waals surface area contributed by atoms with Gasteiger partial charge in [0.1, 0.15) is 6.29 Å². The van der Waals surface area contributed by atoms with Crippen LogP contribution in [0.2, 0.25) is 0 Å². The Balaban J connectivity index is 3.40. The second kappa shape index (κ2) is 4.32. The lowest BCUT2D eigenvalue weighted by atomic mass is 10.2. The summed E-state index contributed by atoms with van der Waals surface area (Å²) < 4.78 is 0. The molecule has 0 amide bonds. The first kappa shape index (κ1) is 7.16. The Kier molecular flexibility index (Phi) is 3.87. The van der Waals surface area contributed by atoms with Crippen molar-refractivity contribution in [2.24, 2.45) is 0 Å². The van der Waals surface area contributed by atoms with E-state index in [2.05, 4.69) is 4.85 Å². The second-order valence-corrected chi connectivity index (χ2v) is 1.59. The van der Waals surface area contributed by atoms with Crippen molar-refractivity contribution in [3.05, 3.63) is 11.4 Å². The molecule has 0 aliphatic heterocycles. The van der Waals surface area contributed by atoms with Gasteiger partial charge in [-0.05, 0) is 0 Å². The highest BCUT2D eigenvalue weighted by Crippen LogP contribution is 1.98. The predicted molar refractivity (Wildman–Crippen MR) is 31.4 cm³/mol. The standard InChI is InChI=1S/C6H9NO/c1-3-6(7-2)4-5-8/h5-6H,3-4H2,1H3. The monoisotopic (exact) mass is 111 g/mol. The van der Waals surface area contributed by atoms with E-state index in [1.807, 2.05) is 6.92 Å². The van der Waals surface area contributed by atoms with Gasteiger partial charge in [-0.1, -0.05) is 6.92 Å². The summed E-state index contributed by atoms with van der Waals surface area (Å²) >= 11 is 0. The van der Waals surface area contributed by atoms with Crippen molar-refractivity contribution in [2.75, 3.05) is 0 Å². The van der Waals surface area contributed by atoms with E-state index in [9.17, 15) is 4.79 Å². The van der Waals surface area contributed by atoms with Crippen molar-refractivity contribution in [3.63, 3.8) is 0 Å². The Morgan fingerprint density at radius 1 is 1.88 bits per heavy atom. The molecule has 0 saturated carbocycles. The summed E-state index contributed by atoms with van der Waals surface area (Å²) in [6.07, 6.45) is 1.97. The molecule has 0 spiro atoms. The third kappa shape index (κ3) is 2.35. The number of carbonyl (C=O) groups excluding carboxylic acids is 1. The summed E-state index contributed by atoms with van der Waals surface area (Å²) in [6, 6.07) is -0.0764. The van der Waals surface area contributed by atoms with Gasteiger partial charge in [0, 0.05) is 6.42 Å². The van der Waals surface area contributed by atoms with E-state index < -0.39 is 0 Å². The average molecular weight is 111 g/mol. The molecule has 0 aromatic heterocycles. The molecule has 1 atom stereocenters. The van der Waals surface area contributed by atoms with Crippen molar-refractivity contribution in [3.8, 4) is 0 Å². The van der Waals surface area contributed by atoms with Crippen LogP contribution < -0.4 is 0 Å². The maximum Gasteiger partial charge on any atom is 0.230 e. The van der Waals surface area contributed by atoms with Gasteiger partial charge in [-0.15, -0.1) is 0 Å². The lowest BCUT2D eigenvalue weighted by Crippen LogP contribution is -1.98. The first-order valence-electron chi connectivity index (χ1n) is 2.65. The highest BCUT2D eigenvalue weighted by Gasteiger charge is 2.05. The third-order valence-corrected chi connectivity index (χ3v) is 1.02. The minimum absolute atomic E-state index is 0.0764. The molecule has 0 aromatic rings. The maximum absolute atomic E-state index is 9.79. The lowest BCUT2D eigenvalue weighted by Gasteiger charge is -1.91. The van der Waals surface area contributed by atoms with Crippen LogP contribution in [0.15, 0.2) is 0 Å². The number of hydrogen-bond donors (Lipinski definition) is 0. The number of nitrogens with zero attached hydrogens (tertiary/aromatic N) is 1. The van der Waals surface area contributed by atoms with E-state index in [1.54, 1.807) is 0 Å². The zero-order chi connectivity index (χ0) is 6.41. The average Bonchev–Trinajstić information content (AvgIpc) is 1.83. The molecular formula is C6H9NO. The Morgan fingerprint density at radius 2 is 2.50 bits per heavy atom. The first-order chi connectivity index (χ1) is 3.85. The highest BCUT2D eigenvalue weighted by molar-refractivity contribution is 5.50. The van der Waals surface area contributed by atoms with Crippen LogP contribution in [-0.4, -0.2) is 12.3 Å². The Morgan fingerprint density at radius 3 is 2.62 bits per heavy atom. The fourth-order valence-electron chi connectivity index (χ4n) is 0.422. The maximum atomic E-state index is 9.79. The van der Waals surface area contributed by atoms with E-state index in [4.69, 9.17) is 6.57 Å². The summed E-state index contributed by atoms with van der Waals surface area (Å²) in [5, 5.41) is 0. The fourth-order valence-corrected chi connectivity index (χ4v) is 0.422. The van der Waals surface area contributed by atoms with Crippen LogP contribution >= 0.6 is 0 Å². The molecule has 2 nitrogen and oxygen atoms in total. The first-order valence-corrected chi connectivity index (χ1v) is 2.65. The van der Waals surface area contributed by atoms with E-state index in [1.165, 1.54) is 0 Å². The summed E-state index contributed by atoms with van der Waals surface area (Å²) in [6.45, 7) is 8.44.